The Morgan fingerprint density at radius 1 is 1.25 bits per heavy atom. The summed E-state index contributed by atoms with van der Waals surface area (Å²) in [6.45, 7) is 13.2. The summed E-state index contributed by atoms with van der Waals surface area (Å²) in [4.78, 5) is 24.1. The topological polar surface area (TPSA) is 101 Å². The van der Waals surface area contributed by atoms with Crippen LogP contribution in [0, 0.1) is 0 Å². The van der Waals surface area contributed by atoms with Crippen LogP contribution in [0.25, 0.3) is 0 Å². The predicted octanol–water partition coefficient (Wildman–Crippen LogP) is 1.25. The number of carbonyl (C=O) groups excluding carboxylic acids is 2. The summed E-state index contributed by atoms with van der Waals surface area (Å²) in [6, 6.07) is -0.953. The number of aromatic nitrogens is 2. The maximum absolute atomic E-state index is 12.1. The Kier molecular flexibility index (Phi) is 6.15. The minimum absolute atomic E-state index is 0.0748. The van der Waals surface area contributed by atoms with Crippen molar-refractivity contribution in [2.24, 2.45) is 0 Å². The van der Waals surface area contributed by atoms with Crippen molar-refractivity contribution < 1.29 is 28.4 Å². The molecule has 10 heteroatoms. The van der Waals surface area contributed by atoms with E-state index in [9.17, 15) is 9.59 Å². The van der Waals surface area contributed by atoms with E-state index in [0.717, 1.165) is 5.46 Å². The van der Waals surface area contributed by atoms with E-state index in [2.05, 4.69) is 10.4 Å². The zero-order valence-corrected chi connectivity index (χ0v) is 17.9. The zero-order valence-electron chi connectivity index (χ0n) is 17.9. The van der Waals surface area contributed by atoms with E-state index >= 15 is 0 Å². The first-order chi connectivity index (χ1) is 12.7. The van der Waals surface area contributed by atoms with Gasteiger partial charge in [-0.15, -0.1) is 0 Å². The molecule has 1 saturated heterocycles. The van der Waals surface area contributed by atoms with Crippen LogP contribution in [0.15, 0.2) is 12.4 Å². The number of methoxy groups -OCH3 is 1. The monoisotopic (exact) mass is 395 g/mol. The van der Waals surface area contributed by atoms with Crippen LogP contribution in [-0.4, -0.2) is 58.9 Å². The van der Waals surface area contributed by atoms with E-state index in [4.69, 9.17) is 18.8 Å². The second-order valence-electron chi connectivity index (χ2n) is 8.81. The number of nitrogens with zero attached hydrogens (tertiary/aromatic N) is 2. The maximum Gasteiger partial charge on any atom is 0.498 e. The third-order valence-electron chi connectivity index (χ3n) is 4.72. The lowest BCUT2D eigenvalue weighted by molar-refractivity contribution is -0.143. The van der Waals surface area contributed by atoms with E-state index in [1.165, 1.54) is 11.8 Å². The van der Waals surface area contributed by atoms with Crippen LogP contribution < -0.4 is 10.8 Å². The van der Waals surface area contributed by atoms with Gasteiger partial charge in [0.1, 0.15) is 11.6 Å². The molecule has 0 radical (unpaired) electrons. The molecule has 1 aliphatic heterocycles. The third-order valence-corrected chi connectivity index (χ3v) is 4.72. The largest absolute Gasteiger partial charge is 0.498 e. The molecule has 0 aliphatic carbocycles. The fourth-order valence-electron chi connectivity index (χ4n) is 2.54. The van der Waals surface area contributed by atoms with Gasteiger partial charge in [0.25, 0.3) is 0 Å². The van der Waals surface area contributed by atoms with Crippen LogP contribution in [0.5, 0.6) is 0 Å². The second-order valence-corrected chi connectivity index (χ2v) is 8.81. The summed E-state index contributed by atoms with van der Waals surface area (Å²) >= 11 is 0. The summed E-state index contributed by atoms with van der Waals surface area (Å²) in [6.07, 6.45) is 2.62. The van der Waals surface area contributed by atoms with Crippen molar-refractivity contribution in [3.63, 3.8) is 0 Å². The molecular formula is C18H30BN3O6. The number of amides is 1. The number of alkyl carbamates (subject to hydrolysis) is 1. The Labute approximate surface area is 166 Å². The Hall–Kier alpha value is -2.07. The fourth-order valence-corrected chi connectivity index (χ4v) is 2.54. The van der Waals surface area contributed by atoms with Crippen LogP contribution in [0.4, 0.5) is 4.79 Å². The Morgan fingerprint density at radius 2 is 1.82 bits per heavy atom. The Bertz CT molecular complexity index is 709. The van der Waals surface area contributed by atoms with Gasteiger partial charge in [0, 0.05) is 17.9 Å². The fraction of sp³-hybridized carbons (Fsp3) is 0.722. The van der Waals surface area contributed by atoms with E-state index in [0.29, 0.717) is 0 Å². The number of carbonyl (C=O) groups is 2. The standard InChI is InChI=1S/C18H30BN3O6/c1-16(2,3)26-15(24)21-13(14(23)25-8)11-22-10-12(9-20-22)19-27-17(4,5)18(6,7)28-19/h9-10,13H,11H2,1-8H3,(H,21,24). The van der Waals surface area contributed by atoms with Gasteiger partial charge in [-0.1, -0.05) is 0 Å². The summed E-state index contributed by atoms with van der Waals surface area (Å²) in [5.41, 5.74) is -0.890. The lowest BCUT2D eigenvalue weighted by Gasteiger charge is -2.32. The van der Waals surface area contributed by atoms with Crippen LogP contribution in [-0.2, 0) is 30.1 Å². The van der Waals surface area contributed by atoms with E-state index < -0.39 is 42.0 Å². The maximum atomic E-state index is 12.1. The van der Waals surface area contributed by atoms with Crippen LogP contribution in [0.3, 0.4) is 0 Å². The SMILES string of the molecule is COC(=O)C(Cn1cc(B2OC(C)(C)C(C)(C)O2)cn1)NC(=O)OC(C)(C)C. The molecule has 1 aliphatic rings. The molecule has 0 saturated carbocycles. The summed E-state index contributed by atoms with van der Waals surface area (Å²) in [5, 5.41) is 6.77. The molecule has 1 amide bonds. The lowest BCUT2D eigenvalue weighted by Crippen LogP contribution is -2.46. The first-order valence-electron chi connectivity index (χ1n) is 9.19. The van der Waals surface area contributed by atoms with Gasteiger partial charge in [-0.2, -0.15) is 5.10 Å². The van der Waals surface area contributed by atoms with Gasteiger partial charge in [-0.25, -0.2) is 9.59 Å². The van der Waals surface area contributed by atoms with Crippen molar-refractivity contribution in [2.45, 2.75) is 77.9 Å². The van der Waals surface area contributed by atoms with Crippen molar-refractivity contribution in [1.82, 2.24) is 15.1 Å². The molecule has 0 aromatic carbocycles. The summed E-state index contributed by atoms with van der Waals surface area (Å²) in [5.74, 6) is -0.599. The van der Waals surface area contributed by atoms with Gasteiger partial charge in [0.05, 0.1) is 24.9 Å². The van der Waals surface area contributed by atoms with E-state index in [-0.39, 0.29) is 6.54 Å². The average molecular weight is 395 g/mol. The van der Waals surface area contributed by atoms with Crippen molar-refractivity contribution in [2.75, 3.05) is 7.11 Å². The van der Waals surface area contributed by atoms with Crippen molar-refractivity contribution >= 4 is 24.6 Å². The second kappa shape index (κ2) is 7.75. The number of hydrogen-bond donors (Lipinski definition) is 1. The first-order valence-corrected chi connectivity index (χ1v) is 9.19. The molecule has 156 valence electrons. The molecule has 0 spiro atoms. The molecule has 9 nitrogen and oxygen atoms in total. The van der Waals surface area contributed by atoms with Gasteiger partial charge in [-0.3, -0.25) is 4.68 Å². The number of ether oxygens (including phenoxy) is 2. The van der Waals surface area contributed by atoms with Gasteiger partial charge in [-0.05, 0) is 48.5 Å². The number of esters is 1. The number of hydrogen-bond acceptors (Lipinski definition) is 7. The van der Waals surface area contributed by atoms with Crippen molar-refractivity contribution in [3.8, 4) is 0 Å². The highest BCUT2D eigenvalue weighted by molar-refractivity contribution is 6.62. The Balaban J connectivity index is 2.08. The smallest absolute Gasteiger partial charge is 0.467 e. The molecule has 2 rings (SSSR count). The van der Waals surface area contributed by atoms with Gasteiger partial charge >= 0.3 is 19.2 Å². The van der Waals surface area contributed by atoms with Crippen LogP contribution in [0.1, 0.15) is 48.5 Å². The quantitative estimate of drug-likeness (QED) is 0.592. The molecule has 28 heavy (non-hydrogen) atoms. The zero-order chi connectivity index (χ0) is 21.3. The highest BCUT2D eigenvalue weighted by atomic mass is 16.7. The molecule has 1 atom stereocenters. The molecule has 2 heterocycles. The third kappa shape index (κ3) is 5.26. The molecule has 1 aromatic heterocycles. The van der Waals surface area contributed by atoms with E-state index in [1.54, 1.807) is 33.2 Å². The molecule has 1 fully saturated rings. The van der Waals surface area contributed by atoms with Crippen LogP contribution in [0.2, 0.25) is 0 Å². The molecule has 1 N–H and O–H groups in total. The molecular weight excluding hydrogens is 365 g/mol. The highest BCUT2D eigenvalue weighted by Gasteiger charge is 2.52. The minimum atomic E-state index is -0.953. The van der Waals surface area contributed by atoms with Gasteiger partial charge in [0.2, 0.25) is 0 Å². The van der Waals surface area contributed by atoms with Crippen LogP contribution >= 0.6 is 0 Å². The normalized spacial score (nSPS) is 19.2. The highest BCUT2D eigenvalue weighted by Crippen LogP contribution is 2.36. The van der Waals surface area contributed by atoms with Crippen molar-refractivity contribution in [3.05, 3.63) is 12.4 Å². The average Bonchev–Trinajstić information content (AvgIpc) is 3.06. The summed E-state index contributed by atoms with van der Waals surface area (Å²) in [7, 11) is 0.694. The van der Waals surface area contributed by atoms with E-state index in [1.807, 2.05) is 27.7 Å². The minimum Gasteiger partial charge on any atom is -0.467 e. The number of rotatable bonds is 5. The molecule has 0 bridgehead atoms. The summed E-state index contributed by atoms with van der Waals surface area (Å²) < 4.78 is 23.5. The first kappa shape index (κ1) is 22.2. The Morgan fingerprint density at radius 3 is 2.32 bits per heavy atom. The molecule has 1 aromatic rings. The van der Waals surface area contributed by atoms with Gasteiger partial charge in [0.15, 0.2) is 0 Å². The number of nitrogens with one attached hydrogen (secondary N) is 1. The lowest BCUT2D eigenvalue weighted by atomic mass is 9.82. The molecule has 1 unspecified atom stereocenters. The van der Waals surface area contributed by atoms with Crippen molar-refractivity contribution in [1.29, 1.82) is 0 Å². The predicted molar refractivity (Wildman–Crippen MR) is 103 cm³/mol. The van der Waals surface area contributed by atoms with Gasteiger partial charge < -0.3 is 24.1 Å².